The quantitative estimate of drug-likeness (QED) is 0.218. The van der Waals surface area contributed by atoms with Gasteiger partial charge in [-0.15, -0.1) is 0 Å². The highest BCUT2D eigenvalue weighted by Gasteiger charge is 2.30. The van der Waals surface area contributed by atoms with Crippen LogP contribution in [0.5, 0.6) is 11.5 Å². The highest BCUT2D eigenvalue weighted by atomic mass is 35.5. The van der Waals surface area contributed by atoms with Gasteiger partial charge < -0.3 is 9.47 Å². The van der Waals surface area contributed by atoms with Gasteiger partial charge >= 0.3 is 0 Å². The van der Waals surface area contributed by atoms with E-state index in [-0.39, 0.29) is 21.5 Å². The minimum Gasteiger partial charge on any atom is -0.497 e. The van der Waals surface area contributed by atoms with Crippen LogP contribution in [0.3, 0.4) is 0 Å². The first-order chi connectivity index (χ1) is 19.1. The van der Waals surface area contributed by atoms with Crippen molar-refractivity contribution in [2.24, 2.45) is 5.10 Å². The molecule has 0 aliphatic carbocycles. The van der Waals surface area contributed by atoms with Crippen molar-refractivity contribution in [3.8, 4) is 17.2 Å². The molecule has 0 saturated heterocycles. The lowest BCUT2D eigenvalue weighted by Crippen LogP contribution is -2.39. The summed E-state index contributed by atoms with van der Waals surface area (Å²) in [7, 11) is -1.32. The molecule has 1 aromatic heterocycles. The first-order valence-electron chi connectivity index (χ1n) is 12.1. The van der Waals surface area contributed by atoms with Crippen LogP contribution in [0.4, 0.5) is 5.69 Å². The molecule has 10 nitrogen and oxygen atoms in total. The van der Waals surface area contributed by atoms with Crippen LogP contribution in [0.25, 0.3) is 5.69 Å². The second-order valence-corrected chi connectivity index (χ2v) is 10.9. The largest absolute Gasteiger partial charge is 0.497 e. The molecule has 0 aliphatic rings. The monoisotopic (exact) mass is 581 g/mol. The van der Waals surface area contributed by atoms with E-state index in [1.54, 1.807) is 28.9 Å². The summed E-state index contributed by atoms with van der Waals surface area (Å²) in [5, 5.41) is 8.56. The van der Waals surface area contributed by atoms with E-state index < -0.39 is 22.5 Å². The lowest BCUT2D eigenvalue weighted by molar-refractivity contribution is -0.119. The molecule has 1 heterocycles. The van der Waals surface area contributed by atoms with E-state index in [1.165, 1.54) is 38.6 Å². The zero-order valence-electron chi connectivity index (χ0n) is 22.3. The third-order valence-corrected chi connectivity index (χ3v) is 8.11. The molecule has 1 amide bonds. The minimum atomic E-state index is -4.19. The zero-order valence-corrected chi connectivity index (χ0v) is 23.9. The van der Waals surface area contributed by atoms with Gasteiger partial charge in [0.05, 0.1) is 48.0 Å². The van der Waals surface area contributed by atoms with Crippen LogP contribution < -0.4 is 19.2 Å². The van der Waals surface area contributed by atoms with Gasteiger partial charge in [-0.25, -0.2) is 18.5 Å². The van der Waals surface area contributed by atoms with Crippen molar-refractivity contribution in [3.63, 3.8) is 0 Å². The molecular formula is C28H28ClN5O5S. The van der Waals surface area contributed by atoms with Gasteiger partial charge in [0.25, 0.3) is 15.9 Å². The number of amides is 1. The van der Waals surface area contributed by atoms with Gasteiger partial charge in [0.1, 0.15) is 18.0 Å². The number of para-hydroxylation sites is 1. The third-order valence-electron chi connectivity index (χ3n) is 6.05. The number of methoxy groups -OCH3 is 2. The van der Waals surface area contributed by atoms with Crippen molar-refractivity contribution in [2.75, 3.05) is 25.1 Å². The molecule has 3 aromatic carbocycles. The number of rotatable bonds is 10. The first kappa shape index (κ1) is 28.7. The standard InChI is InChI=1S/C28H28ClN5O5S/c1-19-10-13-23(14-11-19)40(36,37)33(25-16-22(38-3)12-15-26(25)39-4)18-27(35)31-30-17-24-20(2)34(32-28(24)29)21-8-6-5-7-9-21/h5-17H,18H2,1-4H3,(H,31,35)/b30-17-. The molecule has 12 heteroatoms. The number of hydrogen-bond acceptors (Lipinski definition) is 7. The van der Waals surface area contributed by atoms with E-state index >= 15 is 0 Å². The Morgan fingerprint density at radius 3 is 2.40 bits per heavy atom. The fourth-order valence-corrected chi connectivity index (χ4v) is 5.60. The van der Waals surface area contributed by atoms with Crippen molar-refractivity contribution in [2.45, 2.75) is 18.7 Å². The van der Waals surface area contributed by atoms with E-state index in [0.29, 0.717) is 17.0 Å². The maximum absolute atomic E-state index is 13.8. The fourth-order valence-electron chi connectivity index (χ4n) is 3.91. The summed E-state index contributed by atoms with van der Waals surface area (Å²) in [4.78, 5) is 13.1. The average molecular weight is 582 g/mol. The molecule has 1 N–H and O–H groups in total. The predicted octanol–water partition coefficient (Wildman–Crippen LogP) is 4.51. The lowest BCUT2D eigenvalue weighted by atomic mass is 10.2. The van der Waals surface area contributed by atoms with Crippen LogP contribution in [-0.2, 0) is 14.8 Å². The third kappa shape index (κ3) is 6.11. The number of ether oxygens (including phenoxy) is 2. The molecule has 0 aliphatic heterocycles. The van der Waals surface area contributed by atoms with Crippen LogP contribution in [0.1, 0.15) is 16.8 Å². The summed E-state index contributed by atoms with van der Waals surface area (Å²) in [6, 6.07) is 20.4. The fraction of sp³-hybridized carbons (Fsp3) is 0.179. The normalized spacial score (nSPS) is 11.4. The Morgan fingerprint density at radius 1 is 1.05 bits per heavy atom. The smallest absolute Gasteiger partial charge is 0.264 e. The number of halogens is 1. The number of carbonyl (C=O) groups is 1. The molecule has 0 saturated carbocycles. The number of nitrogens with one attached hydrogen (secondary N) is 1. The molecule has 0 fully saturated rings. The number of benzene rings is 3. The maximum Gasteiger partial charge on any atom is 0.264 e. The van der Waals surface area contributed by atoms with Crippen molar-refractivity contribution in [3.05, 3.63) is 94.8 Å². The number of aromatic nitrogens is 2. The van der Waals surface area contributed by atoms with Gasteiger partial charge in [-0.05, 0) is 50.2 Å². The summed E-state index contributed by atoms with van der Waals surface area (Å²) in [6.45, 7) is 3.08. The molecule has 0 bridgehead atoms. The van der Waals surface area contributed by atoms with Gasteiger partial charge in [-0.3, -0.25) is 9.10 Å². The summed E-state index contributed by atoms with van der Waals surface area (Å²) >= 11 is 6.33. The van der Waals surface area contributed by atoms with E-state index in [4.69, 9.17) is 21.1 Å². The van der Waals surface area contributed by atoms with E-state index in [2.05, 4.69) is 15.6 Å². The predicted molar refractivity (Wildman–Crippen MR) is 154 cm³/mol. The van der Waals surface area contributed by atoms with Gasteiger partial charge in [-0.1, -0.05) is 47.5 Å². The molecule has 208 valence electrons. The number of nitrogens with zero attached hydrogens (tertiary/aromatic N) is 4. The number of sulfonamides is 1. The minimum absolute atomic E-state index is 0.00927. The highest BCUT2D eigenvalue weighted by molar-refractivity contribution is 7.92. The lowest BCUT2D eigenvalue weighted by Gasteiger charge is -2.25. The summed E-state index contributed by atoms with van der Waals surface area (Å²) < 4.78 is 40.8. The maximum atomic E-state index is 13.8. The molecule has 40 heavy (non-hydrogen) atoms. The van der Waals surface area contributed by atoms with Gasteiger partial charge in [0, 0.05) is 6.07 Å². The van der Waals surface area contributed by atoms with Gasteiger partial charge in [0.15, 0.2) is 5.15 Å². The van der Waals surface area contributed by atoms with Crippen LogP contribution in [0.2, 0.25) is 5.15 Å². The molecule has 0 atom stereocenters. The SMILES string of the molecule is COc1ccc(OC)c(N(CC(=O)N/N=C\c2c(Cl)nn(-c3ccccc3)c2C)S(=O)(=O)c2ccc(C)cc2)c1. The Labute approximate surface area is 237 Å². The van der Waals surface area contributed by atoms with Crippen LogP contribution in [0, 0.1) is 13.8 Å². The Hall–Kier alpha value is -4.35. The summed E-state index contributed by atoms with van der Waals surface area (Å²) in [5.74, 6) is -0.0663. The summed E-state index contributed by atoms with van der Waals surface area (Å²) in [6.07, 6.45) is 1.37. The van der Waals surface area contributed by atoms with E-state index in [1.807, 2.05) is 44.2 Å². The average Bonchev–Trinajstić information content (AvgIpc) is 3.24. The molecule has 0 unspecified atom stereocenters. The second-order valence-electron chi connectivity index (χ2n) is 8.69. The number of anilines is 1. The van der Waals surface area contributed by atoms with Crippen LogP contribution in [0.15, 0.2) is 82.8 Å². The molecule has 4 rings (SSSR count). The van der Waals surface area contributed by atoms with Crippen LogP contribution in [-0.4, -0.2) is 51.1 Å². The first-order valence-corrected chi connectivity index (χ1v) is 13.9. The van der Waals surface area contributed by atoms with Crippen molar-refractivity contribution in [1.29, 1.82) is 0 Å². The van der Waals surface area contributed by atoms with Crippen molar-refractivity contribution >= 4 is 39.4 Å². The number of carbonyl (C=O) groups excluding carboxylic acids is 1. The number of hydrogen-bond donors (Lipinski definition) is 1. The molecule has 0 radical (unpaired) electrons. The highest BCUT2D eigenvalue weighted by Crippen LogP contribution is 2.35. The topological polar surface area (TPSA) is 115 Å². The number of hydrazone groups is 1. The van der Waals surface area contributed by atoms with Crippen molar-refractivity contribution < 1.29 is 22.7 Å². The Bertz CT molecular complexity index is 1640. The zero-order chi connectivity index (χ0) is 28.9. The second kappa shape index (κ2) is 12.2. The van der Waals surface area contributed by atoms with E-state index in [9.17, 15) is 13.2 Å². The van der Waals surface area contributed by atoms with Gasteiger partial charge in [-0.2, -0.15) is 10.2 Å². The molecular weight excluding hydrogens is 554 g/mol. The van der Waals surface area contributed by atoms with Crippen molar-refractivity contribution in [1.82, 2.24) is 15.2 Å². The molecule has 4 aromatic rings. The Balaban J connectivity index is 1.63. The van der Waals surface area contributed by atoms with Gasteiger partial charge in [0.2, 0.25) is 0 Å². The van der Waals surface area contributed by atoms with Crippen LogP contribution >= 0.6 is 11.6 Å². The Morgan fingerprint density at radius 2 is 1.75 bits per heavy atom. The summed E-state index contributed by atoms with van der Waals surface area (Å²) in [5.41, 5.74) is 5.44. The van der Waals surface area contributed by atoms with E-state index in [0.717, 1.165) is 15.6 Å². The Kier molecular flexibility index (Phi) is 8.76. The number of aryl methyl sites for hydroxylation is 1. The molecule has 0 spiro atoms.